The van der Waals surface area contributed by atoms with Gasteiger partial charge in [-0.2, -0.15) is 13.2 Å². The molecular formula is C21H25Cl2F3O5. The lowest BCUT2D eigenvalue weighted by atomic mass is 9.82. The fraction of sp³-hybridized carbons (Fsp3) is 0.619. The van der Waals surface area contributed by atoms with Crippen molar-refractivity contribution < 1.29 is 37.0 Å². The molecule has 2 rings (SSSR count). The van der Waals surface area contributed by atoms with E-state index in [0.29, 0.717) is 25.0 Å². The minimum atomic E-state index is -4.63. The summed E-state index contributed by atoms with van der Waals surface area (Å²) in [7, 11) is 0. The summed E-state index contributed by atoms with van der Waals surface area (Å²) in [5.74, 6) is -1.49. The van der Waals surface area contributed by atoms with E-state index in [9.17, 15) is 22.8 Å². The van der Waals surface area contributed by atoms with Crippen LogP contribution in [0.5, 0.6) is 0 Å². The van der Waals surface area contributed by atoms with Crippen LogP contribution in [0.15, 0.2) is 12.1 Å². The van der Waals surface area contributed by atoms with E-state index >= 15 is 0 Å². The third kappa shape index (κ3) is 6.73. The summed E-state index contributed by atoms with van der Waals surface area (Å²) in [5.41, 5.74) is -2.50. The first-order valence-corrected chi connectivity index (χ1v) is 10.7. The second-order valence-electron chi connectivity index (χ2n) is 7.67. The van der Waals surface area contributed by atoms with E-state index in [1.807, 2.05) is 13.8 Å². The molecule has 0 amide bonds. The van der Waals surface area contributed by atoms with Gasteiger partial charge in [-0.25, -0.2) is 4.79 Å². The Kier molecular flexibility index (Phi) is 8.64. The Morgan fingerprint density at radius 1 is 1.16 bits per heavy atom. The Balaban J connectivity index is 2.17. The van der Waals surface area contributed by atoms with Crippen molar-refractivity contribution in [3.63, 3.8) is 0 Å². The van der Waals surface area contributed by atoms with Crippen molar-refractivity contribution in [2.24, 2.45) is 0 Å². The summed E-state index contributed by atoms with van der Waals surface area (Å²) in [6.07, 6.45) is -3.75. The number of hydrogen-bond acceptors (Lipinski definition) is 5. The molecule has 1 aliphatic carbocycles. The van der Waals surface area contributed by atoms with Crippen molar-refractivity contribution in [1.29, 1.82) is 0 Å². The van der Waals surface area contributed by atoms with Crippen LogP contribution in [-0.4, -0.2) is 36.4 Å². The highest BCUT2D eigenvalue weighted by Crippen LogP contribution is 2.38. The molecule has 0 spiro atoms. The van der Waals surface area contributed by atoms with Gasteiger partial charge in [0.2, 0.25) is 5.60 Å². The van der Waals surface area contributed by atoms with Crippen molar-refractivity contribution in [3.05, 3.63) is 33.3 Å². The zero-order valence-electron chi connectivity index (χ0n) is 17.5. The van der Waals surface area contributed by atoms with Crippen molar-refractivity contribution in [1.82, 2.24) is 0 Å². The summed E-state index contributed by atoms with van der Waals surface area (Å²) in [5, 5.41) is -0.619. The van der Waals surface area contributed by atoms with E-state index in [1.165, 1.54) is 0 Å². The fourth-order valence-electron chi connectivity index (χ4n) is 3.52. The Labute approximate surface area is 189 Å². The van der Waals surface area contributed by atoms with E-state index in [1.54, 1.807) is 6.92 Å². The molecule has 1 saturated carbocycles. The molecule has 0 bridgehead atoms. The number of alkyl halides is 3. The molecule has 0 radical (unpaired) electrons. The second kappa shape index (κ2) is 10.4. The van der Waals surface area contributed by atoms with E-state index in [2.05, 4.69) is 0 Å². The molecule has 0 saturated heterocycles. The fourth-order valence-corrected chi connectivity index (χ4v) is 4.14. The number of benzene rings is 1. The SMILES string of the molecule is CCOC(=O)C1(OC(=O)Cc2c(Cl)cc(C(F)(F)F)cc2Cl)CCC(OC(C)C)CC1. The number of carbonyl (C=O) groups is 2. The maximum absolute atomic E-state index is 12.9. The molecule has 0 unspecified atom stereocenters. The highest BCUT2D eigenvalue weighted by molar-refractivity contribution is 6.36. The van der Waals surface area contributed by atoms with E-state index < -0.39 is 35.7 Å². The van der Waals surface area contributed by atoms with Crippen LogP contribution >= 0.6 is 23.2 Å². The van der Waals surface area contributed by atoms with Crippen LogP contribution in [0.25, 0.3) is 0 Å². The van der Waals surface area contributed by atoms with Gasteiger partial charge in [0.15, 0.2) is 0 Å². The van der Waals surface area contributed by atoms with Crippen molar-refractivity contribution in [2.45, 2.75) is 76.9 Å². The van der Waals surface area contributed by atoms with Gasteiger partial charge < -0.3 is 14.2 Å². The minimum absolute atomic E-state index is 0.00262. The van der Waals surface area contributed by atoms with Gasteiger partial charge in [-0.3, -0.25) is 4.79 Å². The average Bonchev–Trinajstić information content (AvgIpc) is 2.65. The zero-order valence-corrected chi connectivity index (χ0v) is 19.0. The van der Waals surface area contributed by atoms with Crippen molar-refractivity contribution in [2.75, 3.05) is 6.61 Å². The average molecular weight is 485 g/mol. The van der Waals surface area contributed by atoms with Crippen LogP contribution in [0.2, 0.25) is 10.0 Å². The zero-order chi connectivity index (χ0) is 23.4. The van der Waals surface area contributed by atoms with Gasteiger partial charge in [0.1, 0.15) is 0 Å². The van der Waals surface area contributed by atoms with Gasteiger partial charge in [0.05, 0.1) is 30.8 Å². The van der Waals surface area contributed by atoms with Gasteiger partial charge in [-0.15, -0.1) is 0 Å². The van der Waals surface area contributed by atoms with Crippen LogP contribution in [0.3, 0.4) is 0 Å². The standard InChI is InChI=1S/C21H25Cl2F3O5/c1-4-29-19(28)20(7-5-14(6-8-20)30-12(2)3)31-18(27)11-15-16(22)9-13(10-17(15)23)21(24,25)26/h9-10,12,14H,4-8,11H2,1-3H3. The Hall–Kier alpha value is -1.51. The molecule has 5 nitrogen and oxygen atoms in total. The minimum Gasteiger partial charge on any atom is -0.463 e. The van der Waals surface area contributed by atoms with Gasteiger partial charge in [0, 0.05) is 28.5 Å². The van der Waals surface area contributed by atoms with Crippen LogP contribution < -0.4 is 0 Å². The molecule has 1 aromatic rings. The molecule has 0 aromatic heterocycles. The van der Waals surface area contributed by atoms with Crippen molar-refractivity contribution in [3.8, 4) is 0 Å². The number of esters is 2. The van der Waals surface area contributed by atoms with Crippen LogP contribution in [-0.2, 0) is 36.4 Å². The van der Waals surface area contributed by atoms with Gasteiger partial charge in [0.25, 0.3) is 0 Å². The highest BCUT2D eigenvalue weighted by atomic mass is 35.5. The lowest BCUT2D eigenvalue weighted by Gasteiger charge is -2.37. The van der Waals surface area contributed by atoms with Crippen LogP contribution in [0, 0.1) is 0 Å². The van der Waals surface area contributed by atoms with Gasteiger partial charge in [-0.1, -0.05) is 23.2 Å². The summed E-state index contributed by atoms with van der Waals surface area (Å²) >= 11 is 11.9. The summed E-state index contributed by atoms with van der Waals surface area (Å²) in [6, 6.07) is 1.40. The third-order valence-electron chi connectivity index (χ3n) is 4.95. The Morgan fingerprint density at radius 3 is 2.16 bits per heavy atom. The van der Waals surface area contributed by atoms with Crippen LogP contribution in [0.1, 0.15) is 57.6 Å². The molecule has 0 heterocycles. The summed E-state index contributed by atoms with van der Waals surface area (Å²) in [4.78, 5) is 25.2. The van der Waals surface area contributed by atoms with E-state index in [4.69, 9.17) is 37.4 Å². The molecule has 31 heavy (non-hydrogen) atoms. The summed E-state index contributed by atoms with van der Waals surface area (Å²) < 4.78 is 55.2. The largest absolute Gasteiger partial charge is 0.463 e. The highest BCUT2D eigenvalue weighted by Gasteiger charge is 2.47. The number of rotatable bonds is 7. The molecule has 1 aromatic carbocycles. The third-order valence-corrected chi connectivity index (χ3v) is 5.63. The lowest BCUT2D eigenvalue weighted by Crippen LogP contribution is -2.49. The number of halogens is 5. The molecule has 1 aliphatic rings. The molecule has 0 atom stereocenters. The Morgan fingerprint density at radius 2 is 1.71 bits per heavy atom. The monoisotopic (exact) mass is 484 g/mol. The molecule has 0 N–H and O–H groups in total. The van der Waals surface area contributed by atoms with Gasteiger partial charge >= 0.3 is 18.1 Å². The molecular weight excluding hydrogens is 460 g/mol. The lowest BCUT2D eigenvalue weighted by molar-refractivity contribution is -0.190. The molecule has 174 valence electrons. The quantitative estimate of drug-likeness (QED) is 0.459. The molecule has 10 heteroatoms. The predicted octanol–water partition coefficient (Wildman–Crippen LogP) is 5.77. The maximum atomic E-state index is 12.9. The molecule has 1 fully saturated rings. The predicted molar refractivity (Wildman–Crippen MR) is 109 cm³/mol. The summed E-state index contributed by atoms with van der Waals surface area (Å²) in [6.45, 7) is 5.57. The van der Waals surface area contributed by atoms with E-state index in [-0.39, 0.29) is 47.3 Å². The topological polar surface area (TPSA) is 61.8 Å². The first-order chi connectivity index (χ1) is 14.4. The van der Waals surface area contributed by atoms with Gasteiger partial charge in [-0.05, 0) is 45.7 Å². The number of carbonyl (C=O) groups excluding carboxylic acids is 2. The normalized spacial score (nSPS) is 21.8. The Bertz CT molecular complexity index is 780. The number of ether oxygens (including phenoxy) is 3. The number of hydrogen-bond donors (Lipinski definition) is 0. The maximum Gasteiger partial charge on any atom is 0.416 e. The van der Waals surface area contributed by atoms with E-state index in [0.717, 1.165) is 0 Å². The second-order valence-corrected chi connectivity index (χ2v) is 8.48. The van der Waals surface area contributed by atoms with Crippen LogP contribution in [0.4, 0.5) is 13.2 Å². The van der Waals surface area contributed by atoms with Crippen molar-refractivity contribution >= 4 is 35.1 Å². The first kappa shape index (κ1) is 25.7. The smallest absolute Gasteiger partial charge is 0.416 e. The first-order valence-electron chi connectivity index (χ1n) is 9.97. The molecule has 0 aliphatic heterocycles.